The molecule has 1 aromatic carbocycles. The number of nitrogens with two attached hydrogens (primary N) is 1. The number of anilines is 1. The van der Waals surface area contributed by atoms with Crippen LogP contribution in [0.15, 0.2) is 18.2 Å². The molecule has 0 aliphatic carbocycles. The fourth-order valence-corrected chi connectivity index (χ4v) is 2.73. The number of carbonyl (C=O) groups is 1. The van der Waals surface area contributed by atoms with Gasteiger partial charge in [0.15, 0.2) is 0 Å². The van der Waals surface area contributed by atoms with Crippen molar-refractivity contribution in [3.8, 4) is 0 Å². The van der Waals surface area contributed by atoms with Gasteiger partial charge in [0.05, 0.1) is 12.6 Å². The second-order valence-electron chi connectivity index (χ2n) is 5.17. The Hall–Kier alpha value is -1.75. The fraction of sp³-hybridized carbons (Fsp3) is 0.500. The molecule has 1 unspecified atom stereocenters. The number of nitrogens with one attached hydrogen (secondary N) is 1. The Morgan fingerprint density at radius 3 is 3.16 bits per heavy atom. The molecule has 0 aromatic heterocycles. The highest BCUT2D eigenvalue weighted by Gasteiger charge is 2.25. The zero-order valence-corrected chi connectivity index (χ0v) is 10.9. The Morgan fingerprint density at radius 2 is 2.37 bits per heavy atom. The van der Waals surface area contributed by atoms with Crippen molar-refractivity contribution in [2.45, 2.75) is 25.4 Å². The molecule has 1 fully saturated rings. The molecule has 1 aromatic rings. The second-order valence-corrected chi connectivity index (χ2v) is 5.17. The lowest BCUT2D eigenvalue weighted by atomic mass is 9.98. The van der Waals surface area contributed by atoms with E-state index in [-0.39, 0.29) is 12.1 Å². The van der Waals surface area contributed by atoms with Crippen LogP contribution in [0, 0.1) is 0 Å². The molecule has 0 spiro atoms. The lowest BCUT2D eigenvalue weighted by molar-refractivity contribution is 0.175. The Morgan fingerprint density at radius 1 is 1.47 bits per heavy atom. The number of fused-ring (bicyclic) bond motifs is 1. The van der Waals surface area contributed by atoms with Crippen molar-refractivity contribution < 1.29 is 9.53 Å². The molecule has 2 aliphatic heterocycles. The molecular weight excluding hydrogens is 242 g/mol. The quantitative estimate of drug-likeness (QED) is 0.745. The van der Waals surface area contributed by atoms with E-state index in [1.54, 1.807) is 0 Å². The molecule has 1 saturated heterocycles. The van der Waals surface area contributed by atoms with Gasteiger partial charge in [-0.25, -0.2) is 4.79 Å². The molecule has 3 N–H and O–H groups in total. The summed E-state index contributed by atoms with van der Waals surface area (Å²) >= 11 is 0. The van der Waals surface area contributed by atoms with Gasteiger partial charge in [0.2, 0.25) is 0 Å². The molecule has 19 heavy (non-hydrogen) atoms. The van der Waals surface area contributed by atoms with Crippen molar-refractivity contribution >= 4 is 11.7 Å². The monoisotopic (exact) mass is 261 g/mol. The van der Waals surface area contributed by atoms with Crippen molar-refractivity contribution in [2.24, 2.45) is 0 Å². The van der Waals surface area contributed by atoms with Gasteiger partial charge in [0.1, 0.15) is 0 Å². The number of nitrogen functional groups attached to an aromatic ring is 1. The maximum atomic E-state index is 12.2. The van der Waals surface area contributed by atoms with E-state index >= 15 is 0 Å². The average molecular weight is 261 g/mol. The smallest absolute Gasteiger partial charge is 0.318 e. The SMILES string of the molecule is Nc1cccc2c1CCN(C(=O)NC1CCOC1)C2. The molecule has 5 heteroatoms. The van der Waals surface area contributed by atoms with Crippen LogP contribution < -0.4 is 11.1 Å². The number of hydrogen-bond donors (Lipinski definition) is 2. The first-order valence-corrected chi connectivity index (χ1v) is 6.73. The predicted octanol–water partition coefficient (Wildman–Crippen LogP) is 1.13. The molecule has 2 heterocycles. The van der Waals surface area contributed by atoms with Gasteiger partial charge in [0, 0.05) is 25.4 Å². The molecule has 0 radical (unpaired) electrons. The normalized spacial score (nSPS) is 22.1. The van der Waals surface area contributed by atoms with Crippen molar-refractivity contribution in [3.05, 3.63) is 29.3 Å². The van der Waals surface area contributed by atoms with Crippen molar-refractivity contribution in [2.75, 3.05) is 25.5 Å². The van der Waals surface area contributed by atoms with Gasteiger partial charge >= 0.3 is 6.03 Å². The summed E-state index contributed by atoms with van der Waals surface area (Å²) in [6.45, 7) is 2.73. The third-order valence-corrected chi connectivity index (χ3v) is 3.85. The summed E-state index contributed by atoms with van der Waals surface area (Å²) in [7, 11) is 0. The Balaban J connectivity index is 1.66. The van der Waals surface area contributed by atoms with Gasteiger partial charge in [-0.1, -0.05) is 12.1 Å². The van der Waals surface area contributed by atoms with Gasteiger partial charge in [-0.05, 0) is 30.0 Å². The second kappa shape index (κ2) is 5.09. The van der Waals surface area contributed by atoms with E-state index in [0.29, 0.717) is 13.2 Å². The van der Waals surface area contributed by atoms with Crippen LogP contribution in [0.25, 0.3) is 0 Å². The lowest BCUT2D eigenvalue weighted by Gasteiger charge is -2.30. The molecule has 5 nitrogen and oxygen atoms in total. The van der Waals surface area contributed by atoms with Crippen LogP contribution >= 0.6 is 0 Å². The predicted molar refractivity (Wildman–Crippen MR) is 72.7 cm³/mol. The minimum absolute atomic E-state index is 0.00331. The zero-order valence-electron chi connectivity index (χ0n) is 10.9. The number of amides is 2. The first-order chi connectivity index (χ1) is 9.24. The van der Waals surface area contributed by atoms with Crippen molar-refractivity contribution in [1.29, 1.82) is 0 Å². The summed E-state index contributed by atoms with van der Waals surface area (Å²) in [6.07, 6.45) is 1.74. The van der Waals surface area contributed by atoms with E-state index in [1.165, 1.54) is 5.56 Å². The fourth-order valence-electron chi connectivity index (χ4n) is 2.73. The summed E-state index contributed by atoms with van der Waals surface area (Å²) in [5, 5.41) is 3.02. The Kier molecular flexibility index (Phi) is 3.29. The van der Waals surface area contributed by atoms with Crippen molar-refractivity contribution in [3.63, 3.8) is 0 Å². The third-order valence-electron chi connectivity index (χ3n) is 3.85. The topological polar surface area (TPSA) is 67.6 Å². The maximum absolute atomic E-state index is 12.2. The maximum Gasteiger partial charge on any atom is 0.318 e. The highest BCUT2D eigenvalue weighted by molar-refractivity contribution is 5.75. The van der Waals surface area contributed by atoms with Crippen molar-refractivity contribution in [1.82, 2.24) is 10.2 Å². The Labute approximate surface area is 112 Å². The van der Waals surface area contributed by atoms with Gasteiger partial charge in [-0.3, -0.25) is 0 Å². The van der Waals surface area contributed by atoms with Gasteiger partial charge in [0.25, 0.3) is 0 Å². The molecule has 102 valence electrons. The molecule has 2 amide bonds. The van der Waals surface area contributed by atoms with Crippen LogP contribution in [0.2, 0.25) is 0 Å². The molecule has 0 bridgehead atoms. The van der Waals surface area contributed by atoms with Gasteiger partial charge in [-0.2, -0.15) is 0 Å². The number of nitrogens with zero attached hydrogens (tertiary/aromatic N) is 1. The minimum Gasteiger partial charge on any atom is -0.398 e. The lowest BCUT2D eigenvalue weighted by Crippen LogP contribution is -2.46. The highest BCUT2D eigenvalue weighted by Crippen LogP contribution is 2.24. The first kappa shape index (κ1) is 12.3. The van der Waals surface area contributed by atoms with Crippen LogP contribution in [0.5, 0.6) is 0 Å². The van der Waals surface area contributed by atoms with E-state index in [4.69, 9.17) is 10.5 Å². The number of carbonyl (C=O) groups excluding carboxylic acids is 1. The van der Waals surface area contributed by atoms with E-state index in [2.05, 4.69) is 5.32 Å². The van der Waals surface area contributed by atoms with E-state index < -0.39 is 0 Å². The molecule has 0 saturated carbocycles. The summed E-state index contributed by atoms with van der Waals surface area (Å²) in [5.41, 5.74) is 9.14. The number of benzene rings is 1. The number of urea groups is 1. The van der Waals surface area contributed by atoms with Crippen LogP contribution in [0.1, 0.15) is 17.5 Å². The summed E-state index contributed by atoms with van der Waals surface area (Å²) in [4.78, 5) is 14.0. The van der Waals surface area contributed by atoms with Gasteiger partial charge in [-0.15, -0.1) is 0 Å². The Bertz CT molecular complexity index is 484. The van der Waals surface area contributed by atoms with Crippen LogP contribution in [-0.4, -0.2) is 36.7 Å². The van der Waals surface area contributed by atoms with E-state index in [9.17, 15) is 4.79 Å². The van der Waals surface area contributed by atoms with E-state index in [0.717, 1.165) is 37.2 Å². The van der Waals surface area contributed by atoms with Crippen LogP contribution in [0.3, 0.4) is 0 Å². The molecular formula is C14H19N3O2. The summed E-state index contributed by atoms with van der Waals surface area (Å²) in [5.74, 6) is 0. The molecule has 1 atom stereocenters. The minimum atomic E-state index is 0.00331. The number of hydrogen-bond acceptors (Lipinski definition) is 3. The van der Waals surface area contributed by atoms with Crippen LogP contribution in [-0.2, 0) is 17.7 Å². The largest absolute Gasteiger partial charge is 0.398 e. The third kappa shape index (κ3) is 2.51. The first-order valence-electron chi connectivity index (χ1n) is 6.73. The molecule has 3 rings (SSSR count). The zero-order chi connectivity index (χ0) is 13.2. The summed E-state index contributed by atoms with van der Waals surface area (Å²) in [6, 6.07) is 6.08. The number of rotatable bonds is 1. The standard InChI is InChI=1S/C14H19N3O2/c15-13-3-1-2-10-8-17(6-4-12(10)13)14(18)16-11-5-7-19-9-11/h1-3,11H,4-9,15H2,(H,16,18). The van der Waals surface area contributed by atoms with E-state index in [1.807, 2.05) is 23.1 Å². The van der Waals surface area contributed by atoms with Gasteiger partial charge < -0.3 is 20.7 Å². The average Bonchev–Trinajstić information content (AvgIpc) is 2.91. The highest BCUT2D eigenvalue weighted by atomic mass is 16.5. The van der Waals surface area contributed by atoms with Crippen LogP contribution in [0.4, 0.5) is 10.5 Å². The molecule has 2 aliphatic rings. The summed E-state index contributed by atoms with van der Waals surface area (Å²) < 4.78 is 5.27. The number of ether oxygens (including phenoxy) is 1.